The van der Waals surface area contributed by atoms with Gasteiger partial charge in [0.15, 0.2) is 0 Å². The number of fused-ring (bicyclic) bond motifs is 1. The number of aryl methyl sites for hydroxylation is 2. The first-order chi connectivity index (χ1) is 11.2. The standard InChI is InChI=1S/C20H20N3/c1-16-18-10-6-7-11-19(18)21(2)20(16)23-13-12-22(15-23)14-17-8-4-3-5-9-17/h3-13,15H,14H2,1-2H3/q+1. The average molecular weight is 302 g/mol. The minimum absolute atomic E-state index is 0.886. The van der Waals surface area contributed by atoms with Gasteiger partial charge in [0.25, 0.3) is 0 Å². The van der Waals surface area contributed by atoms with Crippen LogP contribution in [0.5, 0.6) is 0 Å². The molecule has 0 bridgehead atoms. The highest BCUT2D eigenvalue weighted by Crippen LogP contribution is 2.26. The van der Waals surface area contributed by atoms with Gasteiger partial charge in [-0.15, -0.1) is 0 Å². The molecule has 3 heteroatoms. The Morgan fingerprint density at radius 3 is 2.48 bits per heavy atom. The lowest BCUT2D eigenvalue weighted by atomic mass is 10.2. The molecular formula is C20H20N3+. The minimum atomic E-state index is 0.886. The molecule has 2 aromatic heterocycles. The second-order valence-corrected chi connectivity index (χ2v) is 6.00. The summed E-state index contributed by atoms with van der Waals surface area (Å²) in [5, 5.41) is 1.31. The lowest BCUT2D eigenvalue weighted by molar-refractivity contribution is -0.687. The zero-order valence-electron chi connectivity index (χ0n) is 13.5. The third kappa shape index (κ3) is 2.34. The van der Waals surface area contributed by atoms with Gasteiger partial charge >= 0.3 is 0 Å². The van der Waals surface area contributed by atoms with Gasteiger partial charge in [-0.05, 0) is 18.6 Å². The zero-order chi connectivity index (χ0) is 15.8. The molecule has 0 amide bonds. The molecule has 4 aromatic rings. The molecule has 114 valence electrons. The Labute approximate surface area is 136 Å². The van der Waals surface area contributed by atoms with E-state index in [0.29, 0.717) is 0 Å². The van der Waals surface area contributed by atoms with Crippen LogP contribution < -0.4 is 4.57 Å². The summed E-state index contributed by atoms with van der Waals surface area (Å²) >= 11 is 0. The van der Waals surface area contributed by atoms with E-state index >= 15 is 0 Å². The Morgan fingerprint density at radius 1 is 0.957 bits per heavy atom. The Hall–Kier alpha value is -2.81. The summed E-state index contributed by atoms with van der Waals surface area (Å²) in [6.07, 6.45) is 6.42. The summed E-state index contributed by atoms with van der Waals surface area (Å²) in [4.78, 5) is 0. The van der Waals surface area contributed by atoms with E-state index in [1.54, 1.807) is 0 Å². The molecule has 0 aliphatic heterocycles. The largest absolute Gasteiger partial charge is 0.311 e. The number of hydrogen-bond donors (Lipinski definition) is 0. The summed E-state index contributed by atoms with van der Waals surface area (Å²) in [7, 11) is 2.13. The van der Waals surface area contributed by atoms with Crippen molar-refractivity contribution < 1.29 is 4.57 Å². The van der Waals surface area contributed by atoms with Crippen LogP contribution in [0.3, 0.4) is 0 Å². The number of benzene rings is 2. The van der Waals surface area contributed by atoms with Crippen molar-refractivity contribution in [1.29, 1.82) is 0 Å². The third-order valence-corrected chi connectivity index (χ3v) is 4.47. The third-order valence-electron chi connectivity index (χ3n) is 4.47. The maximum atomic E-state index is 2.26. The molecule has 0 aliphatic carbocycles. The van der Waals surface area contributed by atoms with Crippen LogP contribution in [-0.2, 0) is 13.6 Å². The molecule has 0 unspecified atom stereocenters. The number of para-hydroxylation sites is 1. The van der Waals surface area contributed by atoms with Crippen LogP contribution in [-0.4, -0.2) is 9.13 Å². The van der Waals surface area contributed by atoms with Gasteiger partial charge in [-0.25, -0.2) is 4.57 Å². The lowest BCUT2D eigenvalue weighted by Gasteiger charge is -2.01. The summed E-state index contributed by atoms with van der Waals surface area (Å²) in [6, 6.07) is 19.1. The molecule has 4 rings (SSSR count). The van der Waals surface area contributed by atoms with Crippen molar-refractivity contribution in [3.05, 3.63) is 84.4 Å². The van der Waals surface area contributed by atoms with Crippen molar-refractivity contribution in [2.45, 2.75) is 13.5 Å². The number of imidazole rings is 1. The highest BCUT2D eigenvalue weighted by molar-refractivity contribution is 5.87. The molecule has 0 saturated heterocycles. The maximum absolute atomic E-state index is 2.26. The van der Waals surface area contributed by atoms with Crippen molar-refractivity contribution in [2.24, 2.45) is 7.05 Å². The lowest BCUT2D eigenvalue weighted by Crippen LogP contribution is -2.31. The molecule has 0 N–H and O–H groups in total. The van der Waals surface area contributed by atoms with Gasteiger partial charge in [0.1, 0.15) is 18.9 Å². The molecule has 0 spiro atoms. The molecule has 0 atom stereocenters. The Morgan fingerprint density at radius 2 is 1.70 bits per heavy atom. The second kappa shape index (κ2) is 5.43. The Balaban J connectivity index is 1.75. The molecule has 0 fully saturated rings. The maximum Gasteiger partial charge on any atom is 0.250 e. The van der Waals surface area contributed by atoms with Crippen LogP contribution in [0.1, 0.15) is 11.1 Å². The summed E-state index contributed by atoms with van der Waals surface area (Å²) < 4.78 is 6.68. The first kappa shape index (κ1) is 13.8. The second-order valence-electron chi connectivity index (χ2n) is 6.00. The highest BCUT2D eigenvalue weighted by atomic mass is 15.2. The average Bonchev–Trinajstić information content (AvgIpc) is 3.12. The first-order valence-electron chi connectivity index (χ1n) is 7.89. The van der Waals surface area contributed by atoms with Crippen molar-refractivity contribution >= 4 is 10.9 Å². The zero-order valence-corrected chi connectivity index (χ0v) is 13.5. The van der Waals surface area contributed by atoms with E-state index in [9.17, 15) is 0 Å². The predicted molar refractivity (Wildman–Crippen MR) is 92.7 cm³/mol. The van der Waals surface area contributed by atoms with Crippen LogP contribution >= 0.6 is 0 Å². The van der Waals surface area contributed by atoms with E-state index in [-0.39, 0.29) is 0 Å². The molecule has 2 aromatic carbocycles. The number of aromatic nitrogens is 3. The van der Waals surface area contributed by atoms with E-state index in [1.165, 1.54) is 27.8 Å². The van der Waals surface area contributed by atoms with E-state index in [4.69, 9.17) is 0 Å². The van der Waals surface area contributed by atoms with E-state index in [2.05, 4.69) is 101 Å². The van der Waals surface area contributed by atoms with Crippen molar-refractivity contribution in [2.75, 3.05) is 0 Å². The predicted octanol–water partition coefficient (Wildman–Crippen LogP) is 3.61. The van der Waals surface area contributed by atoms with Crippen LogP contribution in [0.25, 0.3) is 16.7 Å². The van der Waals surface area contributed by atoms with E-state index < -0.39 is 0 Å². The molecule has 0 radical (unpaired) electrons. The van der Waals surface area contributed by atoms with Gasteiger partial charge in [0.05, 0.1) is 5.52 Å². The number of rotatable bonds is 3. The van der Waals surface area contributed by atoms with E-state index in [1.807, 2.05) is 0 Å². The summed E-state index contributed by atoms with van der Waals surface area (Å²) in [6.45, 7) is 3.08. The van der Waals surface area contributed by atoms with Crippen LogP contribution in [0, 0.1) is 6.92 Å². The first-order valence-corrected chi connectivity index (χ1v) is 7.89. The molecule has 23 heavy (non-hydrogen) atoms. The Kier molecular flexibility index (Phi) is 3.27. The topological polar surface area (TPSA) is 13.7 Å². The van der Waals surface area contributed by atoms with Gasteiger partial charge in [0, 0.05) is 18.0 Å². The fraction of sp³-hybridized carbons (Fsp3) is 0.150. The molecule has 0 aliphatic rings. The molecular weight excluding hydrogens is 282 g/mol. The van der Waals surface area contributed by atoms with Gasteiger partial charge in [0.2, 0.25) is 12.1 Å². The van der Waals surface area contributed by atoms with Gasteiger partial charge in [-0.3, -0.25) is 0 Å². The fourth-order valence-electron chi connectivity index (χ4n) is 3.34. The number of hydrogen-bond acceptors (Lipinski definition) is 0. The SMILES string of the molecule is Cc1c(-n2cc[n+](Cc3ccccc3)c2)n(C)c2ccccc12. The van der Waals surface area contributed by atoms with Gasteiger partial charge in [-0.2, -0.15) is 4.57 Å². The van der Waals surface area contributed by atoms with Crippen LogP contribution in [0.4, 0.5) is 0 Å². The van der Waals surface area contributed by atoms with Gasteiger partial charge in [-0.1, -0.05) is 48.5 Å². The Bertz CT molecular complexity index is 922. The molecule has 3 nitrogen and oxygen atoms in total. The van der Waals surface area contributed by atoms with Crippen molar-refractivity contribution in [3.63, 3.8) is 0 Å². The van der Waals surface area contributed by atoms with Gasteiger partial charge < -0.3 is 4.57 Å². The highest BCUT2D eigenvalue weighted by Gasteiger charge is 2.17. The van der Waals surface area contributed by atoms with Crippen molar-refractivity contribution in [1.82, 2.24) is 9.13 Å². The molecule has 2 heterocycles. The van der Waals surface area contributed by atoms with Crippen molar-refractivity contribution in [3.8, 4) is 5.82 Å². The molecule has 0 saturated carbocycles. The van der Waals surface area contributed by atoms with Crippen LogP contribution in [0.2, 0.25) is 0 Å². The van der Waals surface area contributed by atoms with E-state index in [0.717, 1.165) is 6.54 Å². The number of nitrogens with zero attached hydrogens (tertiary/aromatic N) is 3. The monoisotopic (exact) mass is 302 g/mol. The summed E-state index contributed by atoms with van der Waals surface area (Å²) in [5.41, 5.74) is 3.89. The smallest absolute Gasteiger partial charge is 0.250 e. The minimum Gasteiger partial charge on any atom is -0.311 e. The quantitative estimate of drug-likeness (QED) is 0.513. The normalized spacial score (nSPS) is 11.2. The fourth-order valence-corrected chi connectivity index (χ4v) is 3.34. The summed E-state index contributed by atoms with van der Waals surface area (Å²) in [5.74, 6) is 1.22. The van der Waals surface area contributed by atoms with Crippen LogP contribution in [0.15, 0.2) is 73.3 Å².